The first-order valence-electron chi connectivity index (χ1n) is 7.10. The van der Waals surface area contributed by atoms with Crippen molar-refractivity contribution in [2.75, 3.05) is 19.9 Å². The molecule has 0 radical (unpaired) electrons. The molecule has 0 bridgehead atoms. The molecule has 0 spiro atoms. The number of rotatable bonds is 2. The Hall–Kier alpha value is -1.75. The zero-order valence-electron chi connectivity index (χ0n) is 11.7. The van der Waals surface area contributed by atoms with Gasteiger partial charge in [-0.2, -0.15) is 0 Å². The molecule has 0 saturated carbocycles. The summed E-state index contributed by atoms with van der Waals surface area (Å²) in [6, 6.07) is 5.55. The highest BCUT2D eigenvalue weighted by Crippen LogP contribution is 2.36. The number of hydrogen-bond acceptors (Lipinski definition) is 4. The van der Waals surface area contributed by atoms with Crippen molar-refractivity contribution in [1.29, 1.82) is 0 Å². The number of amides is 1. The number of hydrogen-bond donors (Lipinski definition) is 1. The molecule has 2 aliphatic heterocycles. The van der Waals surface area contributed by atoms with Gasteiger partial charge in [0.1, 0.15) is 0 Å². The summed E-state index contributed by atoms with van der Waals surface area (Å²) in [4.78, 5) is 14.7. The van der Waals surface area contributed by atoms with Crippen molar-refractivity contribution >= 4 is 5.91 Å². The molecule has 2 N–H and O–H groups in total. The normalized spacial score (nSPS) is 24.8. The monoisotopic (exact) mass is 276 g/mol. The van der Waals surface area contributed by atoms with E-state index in [0.29, 0.717) is 29.5 Å². The van der Waals surface area contributed by atoms with Gasteiger partial charge >= 0.3 is 0 Å². The lowest BCUT2D eigenvalue weighted by atomic mass is 9.92. The fourth-order valence-electron chi connectivity index (χ4n) is 3.00. The van der Waals surface area contributed by atoms with E-state index in [-0.39, 0.29) is 18.7 Å². The molecule has 1 amide bonds. The number of fused-ring (bicyclic) bond motifs is 1. The Kier molecular flexibility index (Phi) is 3.53. The van der Waals surface area contributed by atoms with Crippen molar-refractivity contribution in [3.8, 4) is 11.5 Å². The van der Waals surface area contributed by atoms with Crippen LogP contribution in [0.3, 0.4) is 0 Å². The summed E-state index contributed by atoms with van der Waals surface area (Å²) in [5, 5.41) is 0. The highest BCUT2D eigenvalue weighted by Gasteiger charge is 2.32. The summed E-state index contributed by atoms with van der Waals surface area (Å²) in [5.41, 5.74) is 6.41. The Labute approximate surface area is 118 Å². The van der Waals surface area contributed by atoms with Crippen molar-refractivity contribution < 1.29 is 14.3 Å². The van der Waals surface area contributed by atoms with Gasteiger partial charge in [-0.15, -0.1) is 0 Å². The third-order valence-electron chi connectivity index (χ3n) is 4.14. The van der Waals surface area contributed by atoms with E-state index in [9.17, 15) is 4.79 Å². The first kappa shape index (κ1) is 13.2. The molecule has 0 aromatic heterocycles. The molecular formula is C15H20N2O3. The standard InChI is InChI=1S/C15H20N2O3/c1-10-5-6-17(11(7-10)8-16)15(18)12-3-2-4-13-14(12)20-9-19-13/h2-4,10-11H,5-9,16H2,1H3. The van der Waals surface area contributed by atoms with E-state index in [1.165, 1.54) is 0 Å². The highest BCUT2D eigenvalue weighted by molar-refractivity contribution is 5.98. The van der Waals surface area contributed by atoms with Crippen LogP contribution in [-0.2, 0) is 0 Å². The molecule has 1 fully saturated rings. The molecule has 2 aliphatic rings. The van der Waals surface area contributed by atoms with E-state index in [1.54, 1.807) is 6.07 Å². The van der Waals surface area contributed by atoms with Crippen molar-refractivity contribution in [2.24, 2.45) is 11.7 Å². The van der Waals surface area contributed by atoms with Crippen molar-refractivity contribution in [3.05, 3.63) is 23.8 Å². The smallest absolute Gasteiger partial charge is 0.258 e. The molecule has 1 aromatic carbocycles. The Morgan fingerprint density at radius 3 is 3.10 bits per heavy atom. The van der Waals surface area contributed by atoms with Crippen LogP contribution in [0.5, 0.6) is 11.5 Å². The largest absolute Gasteiger partial charge is 0.454 e. The van der Waals surface area contributed by atoms with E-state index in [0.717, 1.165) is 19.4 Å². The summed E-state index contributed by atoms with van der Waals surface area (Å²) in [7, 11) is 0. The molecule has 1 saturated heterocycles. The van der Waals surface area contributed by atoms with Crippen molar-refractivity contribution in [1.82, 2.24) is 4.90 Å². The van der Waals surface area contributed by atoms with Crippen LogP contribution in [0.2, 0.25) is 0 Å². The average molecular weight is 276 g/mol. The van der Waals surface area contributed by atoms with Gasteiger partial charge < -0.3 is 20.1 Å². The Morgan fingerprint density at radius 2 is 2.30 bits per heavy atom. The van der Waals surface area contributed by atoms with E-state index in [4.69, 9.17) is 15.2 Å². The van der Waals surface area contributed by atoms with Crippen LogP contribution in [0.4, 0.5) is 0 Å². The minimum Gasteiger partial charge on any atom is -0.454 e. The van der Waals surface area contributed by atoms with Crippen LogP contribution < -0.4 is 15.2 Å². The van der Waals surface area contributed by atoms with Gasteiger partial charge in [0.25, 0.3) is 5.91 Å². The second-order valence-electron chi connectivity index (χ2n) is 5.56. The predicted octanol–water partition coefficient (Wildman–Crippen LogP) is 1.61. The molecule has 20 heavy (non-hydrogen) atoms. The molecule has 2 atom stereocenters. The van der Waals surface area contributed by atoms with Gasteiger partial charge in [0.15, 0.2) is 11.5 Å². The van der Waals surface area contributed by atoms with E-state index >= 15 is 0 Å². The van der Waals surface area contributed by atoms with Crippen LogP contribution in [0.1, 0.15) is 30.1 Å². The molecule has 3 rings (SSSR count). The SMILES string of the molecule is CC1CCN(C(=O)c2cccc3c2OCO3)C(CN)C1. The maximum atomic E-state index is 12.8. The fourth-order valence-corrected chi connectivity index (χ4v) is 3.00. The van der Waals surface area contributed by atoms with Crippen LogP contribution in [-0.4, -0.2) is 36.7 Å². The second kappa shape index (κ2) is 5.32. The van der Waals surface area contributed by atoms with Crippen LogP contribution in [0.25, 0.3) is 0 Å². The number of ether oxygens (including phenoxy) is 2. The maximum absolute atomic E-state index is 12.8. The Balaban J connectivity index is 1.87. The summed E-state index contributed by atoms with van der Waals surface area (Å²) in [5.74, 6) is 1.82. The lowest BCUT2D eigenvalue weighted by Gasteiger charge is -2.38. The third-order valence-corrected chi connectivity index (χ3v) is 4.14. The van der Waals surface area contributed by atoms with E-state index < -0.39 is 0 Å². The third kappa shape index (κ3) is 2.22. The second-order valence-corrected chi connectivity index (χ2v) is 5.56. The number of carbonyl (C=O) groups excluding carboxylic acids is 1. The molecule has 5 nitrogen and oxygen atoms in total. The fraction of sp³-hybridized carbons (Fsp3) is 0.533. The minimum absolute atomic E-state index is 0.00491. The quantitative estimate of drug-likeness (QED) is 0.891. The molecule has 1 aromatic rings. The minimum atomic E-state index is -0.00491. The van der Waals surface area contributed by atoms with Gasteiger partial charge in [-0.1, -0.05) is 13.0 Å². The van der Waals surface area contributed by atoms with Crippen molar-refractivity contribution in [2.45, 2.75) is 25.8 Å². The van der Waals surface area contributed by atoms with E-state index in [2.05, 4.69) is 6.92 Å². The molecule has 2 heterocycles. The van der Waals surface area contributed by atoms with Gasteiger partial charge in [-0.3, -0.25) is 4.79 Å². The molecule has 108 valence electrons. The van der Waals surface area contributed by atoms with Gasteiger partial charge in [-0.05, 0) is 30.9 Å². The molecular weight excluding hydrogens is 256 g/mol. The number of nitrogens with zero attached hydrogens (tertiary/aromatic N) is 1. The predicted molar refractivity (Wildman–Crippen MR) is 74.8 cm³/mol. The van der Waals surface area contributed by atoms with Gasteiger partial charge in [0, 0.05) is 19.1 Å². The summed E-state index contributed by atoms with van der Waals surface area (Å²) in [6.45, 7) is 3.65. The summed E-state index contributed by atoms with van der Waals surface area (Å²) < 4.78 is 10.8. The van der Waals surface area contributed by atoms with Gasteiger partial charge in [-0.25, -0.2) is 0 Å². The molecule has 0 aliphatic carbocycles. The Bertz CT molecular complexity index is 518. The average Bonchev–Trinajstić information content (AvgIpc) is 2.94. The number of piperidine rings is 1. The zero-order chi connectivity index (χ0) is 14.1. The maximum Gasteiger partial charge on any atom is 0.258 e. The topological polar surface area (TPSA) is 64.8 Å². The van der Waals surface area contributed by atoms with Crippen molar-refractivity contribution in [3.63, 3.8) is 0 Å². The first-order chi connectivity index (χ1) is 9.70. The highest BCUT2D eigenvalue weighted by atomic mass is 16.7. The van der Waals surface area contributed by atoms with E-state index in [1.807, 2.05) is 17.0 Å². The van der Waals surface area contributed by atoms with Crippen LogP contribution in [0.15, 0.2) is 18.2 Å². The summed E-state index contributed by atoms with van der Waals surface area (Å²) in [6.07, 6.45) is 1.99. The zero-order valence-corrected chi connectivity index (χ0v) is 11.7. The number of benzene rings is 1. The number of likely N-dealkylation sites (tertiary alicyclic amines) is 1. The van der Waals surface area contributed by atoms with Crippen LogP contribution >= 0.6 is 0 Å². The number of carbonyl (C=O) groups is 1. The summed E-state index contributed by atoms with van der Waals surface area (Å²) >= 11 is 0. The molecule has 2 unspecified atom stereocenters. The Morgan fingerprint density at radius 1 is 1.45 bits per heavy atom. The first-order valence-corrected chi connectivity index (χ1v) is 7.10. The van der Waals surface area contributed by atoms with Gasteiger partial charge in [0.05, 0.1) is 5.56 Å². The molecule has 5 heteroatoms. The lowest BCUT2D eigenvalue weighted by molar-refractivity contribution is 0.0569. The van der Waals surface area contributed by atoms with Crippen LogP contribution in [0, 0.1) is 5.92 Å². The lowest BCUT2D eigenvalue weighted by Crippen LogP contribution is -2.49. The van der Waals surface area contributed by atoms with Gasteiger partial charge in [0.2, 0.25) is 6.79 Å². The number of nitrogens with two attached hydrogens (primary N) is 1. The number of para-hydroxylation sites is 1.